The highest BCUT2D eigenvalue weighted by molar-refractivity contribution is 5.91. The van der Waals surface area contributed by atoms with Gasteiger partial charge in [0.25, 0.3) is 0 Å². The van der Waals surface area contributed by atoms with Gasteiger partial charge < -0.3 is 15.0 Å². The van der Waals surface area contributed by atoms with Crippen LogP contribution in [0.25, 0.3) is 17.1 Å². The van der Waals surface area contributed by atoms with Crippen LogP contribution in [0.15, 0.2) is 48.8 Å². The topological polar surface area (TPSA) is 72.5 Å². The van der Waals surface area contributed by atoms with Crippen LogP contribution >= 0.6 is 0 Å². The highest BCUT2D eigenvalue weighted by Crippen LogP contribution is 2.35. The van der Waals surface area contributed by atoms with Crippen molar-refractivity contribution in [1.29, 1.82) is 0 Å². The van der Waals surface area contributed by atoms with E-state index >= 15 is 0 Å². The molecule has 2 N–H and O–H groups in total. The van der Waals surface area contributed by atoms with Crippen LogP contribution in [0, 0.1) is 17.6 Å². The number of nitrogens with zero attached hydrogens (tertiary/aromatic N) is 3. The number of amides is 1. The lowest BCUT2D eigenvalue weighted by atomic mass is 9.85. The van der Waals surface area contributed by atoms with Gasteiger partial charge >= 0.3 is 0 Å². The van der Waals surface area contributed by atoms with E-state index in [2.05, 4.69) is 27.1 Å². The van der Waals surface area contributed by atoms with Gasteiger partial charge in [0.05, 0.1) is 6.61 Å². The first-order chi connectivity index (χ1) is 17.5. The number of likely N-dealkylation sites (tertiary alicyclic amines) is 2. The van der Waals surface area contributed by atoms with Gasteiger partial charge in [-0.3, -0.25) is 9.69 Å². The number of hydrogen-bond donors (Lipinski definition) is 2. The minimum atomic E-state index is -0.666. The molecule has 1 amide bonds. The molecule has 8 heteroatoms. The number of carbonyl (C=O) groups excluding carboxylic acids is 1. The van der Waals surface area contributed by atoms with Gasteiger partial charge in [-0.2, -0.15) is 0 Å². The molecule has 2 aromatic heterocycles. The Morgan fingerprint density at radius 1 is 1.11 bits per heavy atom. The van der Waals surface area contributed by atoms with Crippen molar-refractivity contribution in [3.8, 4) is 0 Å². The number of rotatable bonds is 6. The average Bonchev–Trinajstić information content (AvgIpc) is 3.32. The van der Waals surface area contributed by atoms with Crippen molar-refractivity contribution in [2.45, 2.75) is 37.6 Å². The zero-order chi connectivity index (χ0) is 25.1. The normalized spacial score (nSPS) is 19.4. The maximum Gasteiger partial charge on any atom is 0.246 e. The molecule has 36 heavy (non-hydrogen) atoms. The van der Waals surface area contributed by atoms with Crippen molar-refractivity contribution in [3.63, 3.8) is 0 Å². The Bertz CT molecular complexity index is 1210. The number of nitrogens with one attached hydrogen (secondary N) is 1. The molecule has 0 aliphatic carbocycles. The van der Waals surface area contributed by atoms with Gasteiger partial charge in [0.1, 0.15) is 17.3 Å². The lowest BCUT2D eigenvalue weighted by molar-refractivity contribution is -0.127. The van der Waals surface area contributed by atoms with E-state index in [0.717, 1.165) is 50.5 Å². The summed E-state index contributed by atoms with van der Waals surface area (Å²) < 4.78 is 26.7. The number of benzene rings is 1. The maximum atomic E-state index is 13.4. The predicted octanol–water partition coefficient (Wildman–Crippen LogP) is 4.33. The second kappa shape index (κ2) is 10.9. The Labute approximate surface area is 209 Å². The fourth-order valence-corrected chi connectivity index (χ4v) is 5.87. The summed E-state index contributed by atoms with van der Waals surface area (Å²) in [6.45, 7) is 3.22. The average molecular weight is 495 g/mol. The van der Waals surface area contributed by atoms with Crippen LogP contribution in [0.3, 0.4) is 0 Å². The number of piperidine rings is 2. The number of halogens is 2. The molecule has 0 unspecified atom stereocenters. The number of aliphatic hydroxyl groups excluding tert-OH is 1. The predicted molar refractivity (Wildman–Crippen MR) is 135 cm³/mol. The molecule has 1 atom stereocenters. The monoisotopic (exact) mass is 494 g/mol. The SMILES string of the molecule is O=C(C=Cc1cc(F)cc(F)c1)N1CCC([C@@H](CO)N2CCC(c3c[nH]c4ncccc34)CC2)CC1. The van der Waals surface area contributed by atoms with Gasteiger partial charge in [0, 0.05) is 49.1 Å². The van der Waals surface area contributed by atoms with Crippen LogP contribution in [0.1, 0.15) is 42.7 Å². The van der Waals surface area contributed by atoms with Crippen molar-refractivity contribution in [2.75, 3.05) is 32.8 Å². The lowest BCUT2D eigenvalue weighted by Crippen LogP contribution is -2.50. The van der Waals surface area contributed by atoms with E-state index in [-0.39, 0.29) is 18.6 Å². The van der Waals surface area contributed by atoms with E-state index in [9.17, 15) is 18.7 Å². The van der Waals surface area contributed by atoms with Crippen LogP contribution in [0.2, 0.25) is 0 Å². The molecule has 0 spiro atoms. The minimum absolute atomic E-state index is 0.0960. The number of fused-ring (bicyclic) bond motifs is 1. The molecule has 6 nitrogen and oxygen atoms in total. The Kier molecular flexibility index (Phi) is 7.43. The summed E-state index contributed by atoms with van der Waals surface area (Å²) >= 11 is 0. The molecular formula is C28H32F2N4O2. The second-order valence-corrected chi connectivity index (χ2v) is 9.90. The van der Waals surface area contributed by atoms with Gasteiger partial charge in [0.2, 0.25) is 5.91 Å². The summed E-state index contributed by atoms with van der Waals surface area (Å²) in [6.07, 6.45) is 10.5. The zero-order valence-electron chi connectivity index (χ0n) is 20.2. The van der Waals surface area contributed by atoms with Crippen molar-refractivity contribution < 1.29 is 18.7 Å². The molecule has 2 fully saturated rings. The minimum Gasteiger partial charge on any atom is -0.395 e. The maximum absolute atomic E-state index is 13.4. The first kappa shape index (κ1) is 24.6. The van der Waals surface area contributed by atoms with E-state index in [1.165, 1.54) is 35.2 Å². The number of H-pyrrole nitrogens is 1. The van der Waals surface area contributed by atoms with Crippen molar-refractivity contribution >= 4 is 23.0 Å². The standard InChI is InChI=1S/C28H32F2N4O2/c29-22-14-19(15-23(30)16-22)3-4-27(36)34-12-7-21(8-13-34)26(18-35)33-10-5-20(6-11-33)25-17-32-28-24(25)2-1-9-31-28/h1-4,9,14-17,20-21,26,35H,5-8,10-13,18H2,(H,31,32)/t26-/m1/s1. The van der Waals surface area contributed by atoms with Crippen molar-refractivity contribution in [3.05, 3.63) is 71.6 Å². The van der Waals surface area contributed by atoms with Gasteiger partial charge in [-0.1, -0.05) is 0 Å². The lowest BCUT2D eigenvalue weighted by Gasteiger charge is -2.43. The molecule has 0 radical (unpaired) electrons. The summed E-state index contributed by atoms with van der Waals surface area (Å²) in [5.74, 6) is -0.681. The van der Waals surface area contributed by atoms with Crippen LogP contribution < -0.4 is 0 Å². The van der Waals surface area contributed by atoms with Crippen LogP contribution in [0.4, 0.5) is 8.78 Å². The summed E-state index contributed by atoms with van der Waals surface area (Å²) in [6, 6.07) is 7.40. The molecule has 2 aliphatic heterocycles. The van der Waals surface area contributed by atoms with Crippen LogP contribution in [-0.4, -0.2) is 69.6 Å². The number of carbonyl (C=O) groups is 1. The van der Waals surface area contributed by atoms with Gasteiger partial charge in [-0.05, 0) is 92.1 Å². The Morgan fingerprint density at radius 2 is 1.83 bits per heavy atom. The third kappa shape index (κ3) is 5.34. The summed E-state index contributed by atoms with van der Waals surface area (Å²) in [5.41, 5.74) is 2.59. The molecule has 2 saturated heterocycles. The molecule has 190 valence electrons. The van der Waals surface area contributed by atoms with E-state index in [1.807, 2.05) is 6.07 Å². The molecule has 0 bridgehead atoms. The zero-order valence-corrected chi connectivity index (χ0v) is 20.2. The van der Waals surface area contributed by atoms with Gasteiger partial charge in [-0.25, -0.2) is 13.8 Å². The third-order valence-electron chi connectivity index (χ3n) is 7.81. The Balaban J connectivity index is 1.14. The molecule has 3 aromatic rings. The van der Waals surface area contributed by atoms with Crippen molar-refractivity contribution in [2.24, 2.45) is 5.92 Å². The summed E-state index contributed by atoms with van der Waals surface area (Å²) in [4.78, 5) is 24.5. The summed E-state index contributed by atoms with van der Waals surface area (Å²) in [5, 5.41) is 11.4. The molecule has 0 saturated carbocycles. The number of pyridine rings is 1. The van der Waals surface area contributed by atoms with E-state index < -0.39 is 11.6 Å². The third-order valence-corrected chi connectivity index (χ3v) is 7.81. The highest BCUT2D eigenvalue weighted by Gasteiger charge is 2.33. The van der Waals surface area contributed by atoms with E-state index in [1.54, 1.807) is 11.1 Å². The molecule has 5 rings (SSSR count). The smallest absolute Gasteiger partial charge is 0.246 e. The fraction of sp³-hybridized carbons (Fsp3) is 0.429. The molecular weight excluding hydrogens is 462 g/mol. The second-order valence-electron chi connectivity index (χ2n) is 9.90. The van der Waals surface area contributed by atoms with E-state index in [4.69, 9.17) is 0 Å². The number of aromatic nitrogens is 2. The van der Waals surface area contributed by atoms with Crippen LogP contribution in [0.5, 0.6) is 0 Å². The quantitative estimate of drug-likeness (QED) is 0.501. The largest absolute Gasteiger partial charge is 0.395 e. The molecule has 1 aromatic carbocycles. The Hall–Kier alpha value is -3.10. The number of aliphatic hydroxyl groups is 1. The highest BCUT2D eigenvalue weighted by atomic mass is 19.1. The van der Waals surface area contributed by atoms with Crippen LogP contribution in [-0.2, 0) is 4.79 Å². The number of aromatic amines is 1. The van der Waals surface area contributed by atoms with Crippen molar-refractivity contribution in [1.82, 2.24) is 19.8 Å². The van der Waals surface area contributed by atoms with Gasteiger partial charge in [-0.15, -0.1) is 0 Å². The first-order valence-corrected chi connectivity index (χ1v) is 12.7. The molecule has 4 heterocycles. The number of hydrogen-bond acceptors (Lipinski definition) is 4. The van der Waals surface area contributed by atoms with E-state index in [0.29, 0.717) is 30.5 Å². The summed E-state index contributed by atoms with van der Waals surface area (Å²) in [7, 11) is 0. The molecule has 2 aliphatic rings. The first-order valence-electron chi connectivity index (χ1n) is 12.7. The fourth-order valence-electron chi connectivity index (χ4n) is 5.87. The van der Waals surface area contributed by atoms with Gasteiger partial charge in [0.15, 0.2) is 0 Å². The Morgan fingerprint density at radius 3 is 2.53 bits per heavy atom.